The molecule has 1 aliphatic carbocycles. The lowest BCUT2D eigenvalue weighted by atomic mass is 9.87. The normalized spacial score (nSPS) is 21.0. The van der Waals surface area contributed by atoms with Crippen LogP contribution in [0.4, 0.5) is 23.7 Å². The van der Waals surface area contributed by atoms with Crippen LogP contribution >= 0.6 is 0 Å². The molecular formula is C14H19F3N4O5. The molecule has 9 nitrogen and oxygen atoms in total. The molecule has 0 radical (unpaired) electrons. The molecule has 1 aromatic heterocycles. The van der Waals surface area contributed by atoms with Crippen molar-refractivity contribution in [3.63, 3.8) is 0 Å². The lowest BCUT2D eigenvalue weighted by molar-refractivity contribution is -0.386. The molecule has 0 aromatic carbocycles. The summed E-state index contributed by atoms with van der Waals surface area (Å²) in [6.45, 7) is 5.16. The highest BCUT2D eigenvalue weighted by atomic mass is 19.3. The fourth-order valence-corrected chi connectivity index (χ4v) is 2.32. The van der Waals surface area contributed by atoms with Gasteiger partial charge in [0.1, 0.15) is 11.8 Å². The summed E-state index contributed by atoms with van der Waals surface area (Å²) in [5, 5.41) is 17.3. The van der Waals surface area contributed by atoms with Crippen molar-refractivity contribution in [2.45, 2.75) is 64.1 Å². The first-order valence-corrected chi connectivity index (χ1v) is 7.78. The predicted molar refractivity (Wildman–Crippen MR) is 81.8 cm³/mol. The van der Waals surface area contributed by atoms with E-state index in [9.17, 15) is 28.1 Å². The molecule has 1 fully saturated rings. The number of nitro groups is 1. The van der Waals surface area contributed by atoms with Crippen molar-refractivity contribution in [3.8, 4) is 5.88 Å². The SMILES string of the molecule is CC(C)(C)OC(=O)NC1CC(n2cc([N+](=O)[O-])c(OC(F)C(F)F)n2)C1. The summed E-state index contributed by atoms with van der Waals surface area (Å²) in [6, 6.07) is -0.548. The third kappa shape index (κ3) is 4.99. The van der Waals surface area contributed by atoms with Gasteiger partial charge in [-0.15, -0.1) is 5.10 Å². The van der Waals surface area contributed by atoms with Gasteiger partial charge in [-0.3, -0.25) is 14.8 Å². The van der Waals surface area contributed by atoms with Crippen LogP contribution in [0.2, 0.25) is 0 Å². The third-order valence-electron chi connectivity index (χ3n) is 3.51. The van der Waals surface area contributed by atoms with Gasteiger partial charge in [0.15, 0.2) is 0 Å². The van der Waals surface area contributed by atoms with Crippen LogP contribution < -0.4 is 10.1 Å². The van der Waals surface area contributed by atoms with Crippen molar-refractivity contribution in [1.29, 1.82) is 0 Å². The van der Waals surface area contributed by atoms with Gasteiger partial charge in [0.25, 0.3) is 6.36 Å². The number of ether oxygens (including phenoxy) is 2. The van der Waals surface area contributed by atoms with E-state index < -0.39 is 41.0 Å². The van der Waals surface area contributed by atoms with Gasteiger partial charge in [0.2, 0.25) is 0 Å². The zero-order chi connectivity index (χ0) is 19.6. The number of nitrogens with zero attached hydrogens (tertiary/aromatic N) is 3. The first-order valence-electron chi connectivity index (χ1n) is 7.78. The van der Waals surface area contributed by atoms with Gasteiger partial charge in [-0.05, 0) is 33.6 Å². The second kappa shape index (κ2) is 7.38. The Morgan fingerprint density at radius 3 is 2.54 bits per heavy atom. The number of alkyl carbamates (subject to hydrolysis) is 1. The topological polar surface area (TPSA) is 109 Å². The number of rotatable bonds is 6. The van der Waals surface area contributed by atoms with Gasteiger partial charge in [-0.2, -0.15) is 4.39 Å². The molecule has 0 saturated heterocycles. The molecule has 1 N–H and O–H groups in total. The first-order chi connectivity index (χ1) is 12.0. The lowest BCUT2D eigenvalue weighted by Gasteiger charge is -2.35. The third-order valence-corrected chi connectivity index (χ3v) is 3.51. The first kappa shape index (κ1) is 19.8. The van der Waals surface area contributed by atoms with E-state index >= 15 is 0 Å². The molecule has 0 spiro atoms. The molecule has 146 valence electrons. The zero-order valence-corrected chi connectivity index (χ0v) is 14.3. The van der Waals surface area contributed by atoms with Crippen LogP contribution in [0.1, 0.15) is 39.7 Å². The summed E-state index contributed by atoms with van der Waals surface area (Å²) in [4.78, 5) is 21.7. The number of carbonyl (C=O) groups excluding carboxylic acids is 1. The minimum Gasteiger partial charge on any atom is -0.444 e. The van der Waals surface area contributed by atoms with Gasteiger partial charge < -0.3 is 14.8 Å². The van der Waals surface area contributed by atoms with Crippen molar-refractivity contribution in [2.24, 2.45) is 0 Å². The van der Waals surface area contributed by atoms with E-state index in [4.69, 9.17) is 4.74 Å². The Balaban J connectivity index is 1.97. The number of amides is 1. The van der Waals surface area contributed by atoms with E-state index in [2.05, 4.69) is 15.2 Å². The lowest BCUT2D eigenvalue weighted by Crippen LogP contribution is -2.46. The Hall–Kier alpha value is -2.53. The smallest absolute Gasteiger partial charge is 0.407 e. The Morgan fingerprint density at radius 1 is 1.42 bits per heavy atom. The van der Waals surface area contributed by atoms with Gasteiger partial charge in [0.05, 0.1) is 11.0 Å². The molecule has 26 heavy (non-hydrogen) atoms. The average molecular weight is 380 g/mol. The Morgan fingerprint density at radius 2 is 2.04 bits per heavy atom. The average Bonchev–Trinajstić information content (AvgIpc) is 2.83. The summed E-state index contributed by atoms with van der Waals surface area (Å²) in [5.41, 5.74) is -1.35. The molecule has 1 aromatic rings. The summed E-state index contributed by atoms with van der Waals surface area (Å²) in [5.74, 6) is -0.814. The molecule has 12 heteroatoms. The maximum Gasteiger partial charge on any atom is 0.407 e. The number of alkyl halides is 3. The zero-order valence-electron chi connectivity index (χ0n) is 14.3. The number of hydrogen-bond acceptors (Lipinski definition) is 6. The fourth-order valence-electron chi connectivity index (χ4n) is 2.32. The van der Waals surface area contributed by atoms with Crippen LogP contribution in [0.25, 0.3) is 0 Å². The second-order valence-corrected chi connectivity index (χ2v) is 6.83. The number of hydrogen-bond donors (Lipinski definition) is 1. The van der Waals surface area contributed by atoms with E-state index in [0.717, 1.165) is 10.9 Å². The molecule has 1 aliphatic rings. The molecule has 1 amide bonds. The summed E-state index contributed by atoms with van der Waals surface area (Å²) in [7, 11) is 0. The molecule has 0 bridgehead atoms. The summed E-state index contributed by atoms with van der Waals surface area (Å²) in [6.07, 6.45) is -5.28. The van der Waals surface area contributed by atoms with E-state index in [0.29, 0.717) is 12.8 Å². The van der Waals surface area contributed by atoms with Crippen molar-refractivity contribution in [1.82, 2.24) is 15.1 Å². The van der Waals surface area contributed by atoms with E-state index in [-0.39, 0.29) is 12.1 Å². The molecule has 1 atom stereocenters. The van der Waals surface area contributed by atoms with Crippen LogP contribution in [0.15, 0.2) is 6.20 Å². The van der Waals surface area contributed by atoms with E-state index in [1.165, 1.54) is 0 Å². The minimum absolute atomic E-state index is 0.225. The number of halogens is 3. The number of nitrogens with one attached hydrogen (secondary N) is 1. The van der Waals surface area contributed by atoms with Gasteiger partial charge in [0, 0.05) is 6.04 Å². The van der Waals surface area contributed by atoms with Crippen LogP contribution in [0.5, 0.6) is 5.88 Å². The Labute approximate surface area is 146 Å². The molecular weight excluding hydrogens is 361 g/mol. The van der Waals surface area contributed by atoms with Crippen molar-refractivity contribution >= 4 is 11.8 Å². The summed E-state index contributed by atoms with van der Waals surface area (Å²) >= 11 is 0. The highest BCUT2D eigenvalue weighted by Gasteiger charge is 2.36. The predicted octanol–water partition coefficient (Wildman–Crippen LogP) is 2.96. The summed E-state index contributed by atoms with van der Waals surface area (Å²) < 4.78 is 47.9. The number of aromatic nitrogens is 2. The Bertz CT molecular complexity index is 670. The van der Waals surface area contributed by atoms with Crippen LogP contribution in [0.3, 0.4) is 0 Å². The molecule has 2 rings (SSSR count). The van der Waals surface area contributed by atoms with Crippen LogP contribution in [-0.4, -0.2) is 45.2 Å². The molecule has 1 unspecified atom stereocenters. The quantitative estimate of drug-likeness (QED) is 0.600. The van der Waals surface area contributed by atoms with E-state index in [1.54, 1.807) is 20.8 Å². The maximum absolute atomic E-state index is 13.0. The van der Waals surface area contributed by atoms with Gasteiger partial charge in [-0.25, -0.2) is 13.6 Å². The number of carbonyl (C=O) groups is 1. The highest BCUT2D eigenvalue weighted by Crippen LogP contribution is 2.36. The minimum atomic E-state index is -3.45. The fraction of sp³-hybridized carbons (Fsp3) is 0.714. The van der Waals surface area contributed by atoms with Crippen molar-refractivity contribution < 1.29 is 32.4 Å². The standard InChI is InChI=1S/C14H19F3N4O5/c1-14(2,3)26-13(22)18-7-4-8(5-7)20-6-9(21(23)24)12(19-20)25-11(17)10(15)16/h6-8,10-11H,4-5H2,1-3H3,(H,18,22). The Kier molecular flexibility index (Phi) is 5.62. The van der Waals surface area contributed by atoms with Gasteiger partial charge in [-0.1, -0.05) is 0 Å². The molecule has 1 heterocycles. The molecule has 1 saturated carbocycles. The largest absolute Gasteiger partial charge is 0.444 e. The van der Waals surface area contributed by atoms with Crippen molar-refractivity contribution in [2.75, 3.05) is 0 Å². The monoisotopic (exact) mass is 380 g/mol. The maximum atomic E-state index is 13.0. The highest BCUT2D eigenvalue weighted by molar-refractivity contribution is 5.68. The molecule has 0 aliphatic heterocycles. The van der Waals surface area contributed by atoms with E-state index in [1.807, 2.05) is 0 Å². The van der Waals surface area contributed by atoms with Crippen LogP contribution in [0, 0.1) is 10.1 Å². The van der Waals surface area contributed by atoms with Gasteiger partial charge >= 0.3 is 24.1 Å². The van der Waals surface area contributed by atoms with Crippen molar-refractivity contribution in [3.05, 3.63) is 16.3 Å². The second-order valence-electron chi connectivity index (χ2n) is 6.83. The van der Waals surface area contributed by atoms with Crippen LogP contribution in [-0.2, 0) is 4.74 Å².